The van der Waals surface area contributed by atoms with Crippen LogP contribution in [-0.2, 0) is 23.0 Å². The van der Waals surface area contributed by atoms with E-state index in [-0.39, 0.29) is 5.41 Å². The molecule has 0 amide bonds. The first-order valence-electron chi connectivity index (χ1n) is 13.9. The Kier molecular flexibility index (Phi) is 3.90. The maximum atomic E-state index is 6.65. The summed E-state index contributed by atoms with van der Waals surface area (Å²) in [6.45, 7) is 0. The quantitative estimate of drug-likeness (QED) is 0.279. The average Bonchev–Trinajstić information content (AvgIpc) is 3.20. The van der Waals surface area contributed by atoms with E-state index < -0.39 is 0 Å². The highest BCUT2D eigenvalue weighted by molar-refractivity contribution is 5.97. The van der Waals surface area contributed by atoms with Crippen LogP contribution in [0.3, 0.4) is 0 Å². The molecule has 9 rings (SSSR count). The van der Waals surface area contributed by atoms with Crippen LogP contribution in [0, 0.1) is 17.8 Å². The average molecular weight is 492 g/mol. The van der Waals surface area contributed by atoms with Crippen LogP contribution < -0.4 is 5.73 Å². The van der Waals surface area contributed by atoms with Crippen molar-refractivity contribution in [3.8, 4) is 0 Å². The SMILES string of the molecule is COC1=CC2Cc3cc(N)cc4c3C3(C[C@H]5Cc6ccccc6C=C45)c4cc5ccccc5cc4C(=C1)C23. The van der Waals surface area contributed by atoms with Crippen LogP contribution in [0.4, 0.5) is 5.69 Å². The van der Waals surface area contributed by atoms with E-state index in [9.17, 15) is 0 Å². The van der Waals surface area contributed by atoms with Crippen molar-refractivity contribution < 1.29 is 4.74 Å². The summed E-state index contributed by atoms with van der Waals surface area (Å²) in [5, 5.41) is 2.64. The van der Waals surface area contributed by atoms with Crippen LogP contribution in [-0.4, -0.2) is 7.11 Å². The Morgan fingerprint density at radius 2 is 1.63 bits per heavy atom. The van der Waals surface area contributed by atoms with E-state index in [2.05, 4.69) is 91.0 Å². The lowest BCUT2D eigenvalue weighted by atomic mass is 9.50. The molecule has 5 aliphatic rings. The van der Waals surface area contributed by atoms with Gasteiger partial charge >= 0.3 is 0 Å². The maximum Gasteiger partial charge on any atom is 0.115 e. The largest absolute Gasteiger partial charge is 0.497 e. The first-order chi connectivity index (χ1) is 18.6. The zero-order valence-electron chi connectivity index (χ0n) is 21.5. The number of nitrogen functional groups attached to an aromatic ring is 1. The highest BCUT2D eigenvalue weighted by Gasteiger charge is 2.60. The highest BCUT2D eigenvalue weighted by Crippen LogP contribution is 2.68. The van der Waals surface area contributed by atoms with E-state index >= 15 is 0 Å². The summed E-state index contributed by atoms with van der Waals surface area (Å²) in [5.74, 6) is 2.27. The van der Waals surface area contributed by atoms with Crippen molar-refractivity contribution in [2.75, 3.05) is 12.8 Å². The predicted molar refractivity (Wildman–Crippen MR) is 155 cm³/mol. The van der Waals surface area contributed by atoms with Gasteiger partial charge in [0.05, 0.1) is 7.11 Å². The number of anilines is 1. The minimum absolute atomic E-state index is 0.0590. The lowest BCUT2D eigenvalue weighted by Crippen LogP contribution is -2.47. The molecule has 184 valence electrons. The van der Waals surface area contributed by atoms with E-state index in [1.54, 1.807) is 12.7 Å². The third kappa shape index (κ3) is 2.49. The summed E-state index contributed by atoms with van der Waals surface area (Å²) in [6, 6.07) is 27.3. The second-order valence-corrected chi connectivity index (χ2v) is 11.9. The van der Waals surface area contributed by atoms with Crippen molar-refractivity contribution in [2.45, 2.75) is 24.7 Å². The molecule has 4 aromatic rings. The predicted octanol–water partition coefficient (Wildman–Crippen LogP) is 7.55. The van der Waals surface area contributed by atoms with Crippen molar-refractivity contribution in [3.63, 3.8) is 0 Å². The number of fused-ring (bicyclic) bond motifs is 6. The van der Waals surface area contributed by atoms with E-state index in [1.165, 1.54) is 55.3 Å². The van der Waals surface area contributed by atoms with Crippen LogP contribution in [0.5, 0.6) is 0 Å². The van der Waals surface area contributed by atoms with Crippen molar-refractivity contribution in [2.24, 2.45) is 17.8 Å². The Bertz CT molecular complexity index is 1820. The van der Waals surface area contributed by atoms with Gasteiger partial charge in [-0.1, -0.05) is 54.6 Å². The summed E-state index contributed by atoms with van der Waals surface area (Å²) in [5.41, 5.74) is 20.5. The van der Waals surface area contributed by atoms with Crippen molar-refractivity contribution in [1.29, 1.82) is 0 Å². The topological polar surface area (TPSA) is 35.2 Å². The molecule has 2 nitrogen and oxygen atoms in total. The van der Waals surface area contributed by atoms with E-state index in [0.29, 0.717) is 17.8 Å². The van der Waals surface area contributed by atoms with Gasteiger partial charge in [0, 0.05) is 17.0 Å². The van der Waals surface area contributed by atoms with Gasteiger partial charge in [0.2, 0.25) is 0 Å². The second kappa shape index (κ2) is 7.08. The van der Waals surface area contributed by atoms with Gasteiger partial charge in [-0.2, -0.15) is 0 Å². The monoisotopic (exact) mass is 491 g/mol. The van der Waals surface area contributed by atoms with Crippen molar-refractivity contribution in [3.05, 3.63) is 130 Å². The Balaban J connectivity index is 1.41. The molecule has 0 bridgehead atoms. The van der Waals surface area contributed by atoms with Gasteiger partial charge in [-0.25, -0.2) is 0 Å². The lowest BCUT2D eigenvalue weighted by Gasteiger charge is -2.53. The number of hydrogen-bond donors (Lipinski definition) is 1. The minimum Gasteiger partial charge on any atom is -0.497 e. The highest BCUT2D eigenvalue weighted by atomic mass is 16.5. The molecule has 0 heterocycles. The Labute approximate surface area is 223 Å². The zero-order chi connectivity index (χ0) is 25.2. The molecular weight excluding hydrogens is 462 g/mol. The van der Waals surface area contributed by atoms with Gasteiger partial charge in [-0.15, -0.1) is 0 Å². The minimum atomic E-state index is -0.0590. The molecule has 0 aromatic heterocycles. The van der Waals surface area contributed by atoms with Gasteiger partial charge in [0.25, 0.3) is 0 Å². The smallest absolute Gasteiger partial charge is 0.115 e. The Hall–Kier alpha value is -4.04. The molecule has 0 fully saturated rings. The number of benzene rings is 4. The summed E-state index contributed by atoms with van der Waals surface area (Å²) in [4.78, 5) is 0. The van der Waals surface area contributed by atoms with Crippen LogP contribution >= 0.6 is 0 Å². The van der Waals surface area contributed by atoms with Crippen molar-refractivity contribution >= 4 is 33.7 Å². The Morgan fingerprint density at radius 3 is 2.50 bits per heavy atom. The van der Waals surface area contributed by atoms with E-state index in [0.717, 1.165) is 30.7 Å². The normalized spacial score (nSPS) is 27.2. The van der Waals surface area contributed by atoms with Crippen LogP contribution in [0.2, 0.25) is 0 Å². The second-order valence-electron chi connectivity index (χ2n) is 11.9. The standard InChI is InChI=1S/C36H29NO/c1-38-28-13-25-11-24-12-27(37)17-31-29-14-21-7-3-2-6-20(21)10-26(29)19-36(34(24)31)33-16-23-9-5-4-8-22(23)15-30(33)32(18-28)35(25)36/h2-9,12-18,25-26,35H,10-11,19,37H2,1H3/t25?,26-,35?,36?/m1/s1. The van der Waals surface area contributed by atoms with Crippen molar-refractivity contribution in [1.82, 2.24) is 0 Å². The van der Waals surface area contributed by atoms with Gasteiger partial charge in [0.1, 0.15) is 5.76 Å². The molecule has 0 saturated heterocycles. The number of hydrogen-bond acceptors (Lipinski definition) is 2. The Morgan fingerprint density at radius 1 is 0.816 bits per heavy atom. The molecule has 38 heavy (non-hydrogen) atoms. The van der Waals surface area contributed by atoms with Gasteiger partial charge < -0.3 is 10.5 Å². The fraction of sp³-hybridized carbons (Fsp3) is 0.222. The number of rotatable bonds is 1. The fourth-order valence-corrected chi connectivity index (χ4v) is 8.94. The van der Waals surface area contributed by atoms with Gasteiger partial charge in [-0.3, -0.25) is 0 Å². The van der Waals surface area contributed by atoms with Crippen LogP contribution in [0.15, 0.2) is 90.7 Å². The number of allylic oxidation sites excluding steroid dienone is 4. The molecule has 1 spiro atoms. The first-order valence-corrected chi connectivity index (χ1v) is 13.9. The van der Waals surface area contributed by atoms with Crippen LogP contribution in [0.25, 0.3) is 28.0 Å². The molecule has 2 heteroatoms. The number of methoxy groups -OCH3 is 1. The number of ether oxygens (including phenoxy) is 1. The van der Waals surface area contributed by atoms with Gasteiger partial charge in [0.15, 0.2) is 0 Å². The molecule has 3 unspecified atom stereocenters. The molecule has 0 aliphatic heterocycles. The maximum absolute atomic E-state index is 6.65. The van der Waals surface area contributed by atoms with E-state index in [1.807, 2.05) is 0 Å². The molecule has 2 N–H and O–H groups in total. The summed E-state index contributed by atoms with van der Waals surface area (Å²) >= 11 is 0. The van der Waals surface area contributed by atoms with Gasteiger partial charge in [-0.05, 0) is 128 Å². The third-order valence-corrected chi connectivity index (χ3v) is 10.2. The third-order valence-electron chi connectivity index (χ3n) is 10.2. The van der Waals surface area contributed by atoms with Crippen LogP contribution in [0.1, 0.15) is 45.4 Å². The molecule has 0 radical (unpaired) electrons. The summed E-state index contributed by atoms with van der Waals surface area (Å²) in [7, 11) is 1.80. The summed E-state index contributed by atoms with van der Waals surface area (Å²) in [6.07, 6.45) is 10.4. The fourth-order valence-electron chi connectivity index (χ4n) is 8.94. The molecule has 0 saturated carbocycles. The summed E-state index contributed by atoms with van der Waals surface area (Å²) < 4.78 is 5.89. The molecule has 5 aliphatic carbocycles. The first kappa shape index (κ1) is 21.0. The molecule has 4 aromatic carbocycles. The zero-order valence-corrected chi connectivity index (χ0v) is 21.5. The number of nitrogens with two attached hydrogens (primary N) is 1. The molecule has 4 atom stereocenters. The lowest BCUT2D eigenvalue weighted by molar-refractivity contribution is 0.240. The molecular formula is C36H29NO. The van der Waals surface area contributed by atoms with E-state index in [4.69, 9.17) is 10.5 Å².